The van der Waals surface area contributed by atoms with Gasteiger partial charge in [0.05, 0.1) is 18.1 Å². The van der Waals surface area contributed by atoms with Gasteiger partial charge in [-0.25, -0.2) is 0 Å². The van der Waals surface area contributed by atoms with Crippen LogP contribution in [0.3, 0.4) is 0 Å². The maximum Gasteiger partial charge on any atom is 0.230 e. The SMILES string of the molecule is NCC1(C(=O)N(Cc2cccs2)CC2CCCO2)CC1. The fourth-order valence-corrected chi connectivity index (χ4v) is 3.56. The van der Waals surface area contributed by atoms with Gasteiger partial charge in [0.15, 0.2) is 0 Å². The molecule has 2 aliphatic rings. The lowest BCUT2D eigenvalue weighted by molar-refractivity contribution is -0.138. The molecular weight excluding hydrogens is 272 g/mol. The van der Waals surface area contributed by atoms with Crippen molar-refractivity contribution < 1.29 is 9.53 Å². The summed E-state index contributed by atoms with van der Waals surface area (Å²) in [5, 5.41) is 2.06. The smallest absolute Gasteiger partial charge is 0.230 e. The molecule has 4 nitrogen and oxygen atoms in total. The summed E-state index contributed by atoms with van der Waals surface area (Å²) in [4.78, 5) is 16.0. The number of rotatable bonds is 6. The van der Waals surface area contributed by atoms with Crippen molar-refractivity contribution in [3.8, 4) is 0 Å². The molecule has 1 amide bonds. The highest BCUT2D eigenvalue weighted by Gasteiger charge is 2.50. The highest BCUT2D eigenvalue weighted by molar-refractivity contribution is 7.09. The summed E-state index contributed by atoms with van der Waals surface area (Å²) in [7, 11) is 0. The second-order valence-electron chi connectivity index (χ2n) is 5.88. The summed E-state index contributed by atoms with van der Waals surface area (Å²) in [5.41, 5.74) is 5.54. The van der Waals surface area contributed by atoms with Crippen molar-refractivity contribution in [3.05, 3.63) is 22.4 Å². The van der Waals surface area contributed by atoms with Crippen LogP contribution in [0.25, 0.3) is 0 Å². The molecule has 1 saturated carbocycles. The van der Waals surface area contributed by atoms with E-state index >= 15 is 0 Å². The van der Waals surface area contributed by atoms with Gasteiger partial charge in [0, 0.05) is 24.6 Å². The lowest BCUT2D eigenvalue weighted by Gasteiger charge is -2.28. The molecule has 0 radical (unpaired) electrons. The molecule has 0 aromatic carbocycles. The molecule has 1 aromatic rings. The molecule has 2 fully saturated rings. The molecule has 0 bridgehead atoms. The van der Waals surface area contributed by atoms with Gasteiger partial charge in [-0.3, -0.25) is 4.79 Å². The maximum absolute atomic E-state index is 12.8. The van der Waals surface area contributed by atoms with Crippen LogP contribution < -0.4 is 5.73 Å². The van der Waals surface area contributed by atoms with Crippen molar-refractivity contribution in [3.63, 3.8) is 0 Å². The van der Waals surface area contributed by atoms with Gasteiger partial charge in [0.1, 0.15) is 0 Å². The number of ether oxygens (including phenoxy) is 1. The number of amides is 1. The van der Waals surface area contributed by atoms with Crippen LogP contribution in [-0.2, 0) is 16.1 Å². The minimum atomic E-state index is -0.268. The fourth-order valence-electron chi connectivity index (χ4n) is 2.84. The highest BCUT2D eigenvalue weighted by atomic mass is 32.1. The van der Waals surface area contributed by atoms with Crippen molar-refractivity contribution in [1.82, 2.24) is 4.90 Å². The van der Waals surface area contributed by atoms with Gasteiger partial charge in [0.2, 0.25) is 5.91 Å². The van der Waals surface area contributed by atoms with Gasteiger partial charge in [-0.1, -0.05) is 6.07 Å². The molecule has 20 heavy (non-hydrogen) atoms. The van der Waals surface area contributed by atoms with Gasteiger partial charge in [0.25, 0.3) is 0 Å². The number of hydrogen-bond acceptors (Lipinski definition) is 4. The van der Waals surface area contributed by atoms with E-state index in [9.17, 15) is 4.79 Å². The zero-order valence-electron chi connectivity index (χ0n) is 11.7. The van der Waals surface area contributed by atoms with E-state index in [2.05, 4.69) is 11.4 Å². The first-order valence-electron chi connectivity index (χ1n) is 7.37. The zero-order chi connectivity index (χ0) is 14.0. The van der Waals surface area contributed by atoms with Crippen LogP contribution in [0.2, 0.25) is 0 Å². The third kappa shape index (κ3) is 2.90. The second-order valence-corrected chi connectivity index (χ2v) is 6.92. The number of thiophene rings is 1. The molecule has 1 unspecified atom stereocenters. The standard InChI is InChI=1S/C15H22N2O2S/c16-11-15(5-6-15)14(18)17(9-12-3-1-7-19-12)10-13-4-2-8-20-13/h2,4,8,12H,1,3,5-7,9-11,16H2. The van der Waals surface area contributed by atoms with Crippen LogP contribution in [0.5, 0.6) is 0 Å². The predicted octanol–water partition coefficient (Wildman–Crippen LogP) is 1.99. The number of carbonyl (C=O) groups excluding carboxylic acids is 1. The van der Waals surface area contributed by atoms with Crippen LogP contribution in [0.1, 0.15) is 30.6 Å². The average molecular weight is 294 g/mol. The molecule has 5 heteroatoms. The molecule has 1 atom stereocenters. The molecular formula is C15H22N2O2S. The Morgan fingerprint density at radius 1 is 1.55 bits per heavy atom. The lowest BCUT2D eigenvalue weighted by atomic mass is 10.1. The van der Waals surface area contributed by atoms with Crippen molar-refractivity contribution in [2.45, 2.75) is 38.3 Å². The molecule has 3 rings (SSSR count). The summed E-state index contributed by atoms with van der Waals surface area (Å²) in [6.45, 7) is 2.70. The van der Waals surface area contributed by atoms with E-state index in [0.29, 0.717) is 19.6 Å². The van der Waals surface area contributed by atoms with Crippen LogP contribution in [0.4, 0.5) is 0 Å². The van der Waals surface area contributed by atoms with Gasteiger partial charge >= 0.3 is 0 Å². The van der Waals surface area contributed by atoms with Crippen LogP contribution >= 0.6 is 11.3 Å². The molecule has 1 aliphatic heterocycles. The largest absolute Gasteiger partial charge is 0.376 e. The Labute approximate surface area is 123 Å². The summed E-state index contributed by atoms with van der Waals surface area (Å²) >= 11 is 1.70. The van der Waals surface area contributed by atoms with Gasteiger partial charge < -0.3 is 15.4 Å². The first-order chi connectivity index (χ1) is 9.73. The first kappa shape index (κ1) is 14.0. The summed E-state index contributed by atoms with van der Waals surface area (Å²) in [5.74, 6) is 0.226. The molecule has 1 aliphatic carbocycles. The lowest BCUT2D eigenvalue weighted by Crippen LogP contribution is -2.43. The van der Waals surface area contributed by atoms with E-state index < -0.39 is 0 Å². The van der Waals surface area contributed by atoms with E-state index in [4.69, 9.17) is 10.5 Å². The Balaban J connectivity index is 1.70. The Morgan fingerprint density at radius 2 is 2.40 bits per heavy atom. The molecule has 0 spiro atoms. The van der Waals surface area contributed by atoms with E-state index in [1.165, 1.54) is 4.88 Å². The monoisotopic (exact) mass is 294 g/mol. The van der Waals surface area contributed by atoms with E-state index in [1.54, 1.807) is 11.3 Å². The Morgan fingerprint density at radius 3 is 2.95 bits per heavy atom. The normalized spacial score (nSPS) is 23.8. The minimum Gasteiger partial charge on any atom is -0.376 e. The van der Waals surface area contributed by atoms with Crippen LogP contribution in [0.15, 0.2) is 17.5 Å². The molecule has 110 valence electrons. The Bertz CT molecular complexity index is 450. The highest BCUT2D eigenvalue weighted by Crippen LogP contribution is 2.46. The van der Waals surface area contributed by atoms with Gasteiger partial charge in [-0.05, 0) is 37.1 Å². The molecule has 2 N–H and O–H groups in total. The van der Waals surface area contributed by atoms with Gasteiger partial charge in [-0.2, -0.15) is 0 Å². The van der Waals surface area contributed by atoms with Crippen molar-refractivity contribution >= 4 is 17.2 Å². The molecule has 2 heterocycles. The number of nitrogens with zero attached hydrogens (tertiary/aromatic N) is 1. The van der Waals surface area contributed by atoms with Crippen molar-refractivity contribution in [2.24, 2.45) is 11.1 Å². The third-order valence-electron chi connectivity index (χ3n) is 4.36. The van der Waals surface area contributed by atoms with Crippen LogP contribution in [-0.4, -0.2) is 36.6 Å². The second kappa shape index (κ2) is 5.84. The minimum absolute atomic E-state index is 0.201. The Kier molecular flexibility index (Phi) is 4.10. The number of carbonyl (C=O) groups is 1. The average Bonchev–Trinajstić information content (AvgIpc) is 2.87. The van der Waals surface area contributed by atoms with E-state index in [0.717, 1.165) is 32.3 Å². The molecule has 1 aromatic heterocycles. The quantitative estimate of drug-likeness (QED) is 0.873. The van der Waals surface area contributed by atoms with Gasteiger partial charge in [-0.15, -0.1) is 11.3 Å². The van der Waals surface area contributed by atoms with E-state index in [-0.39, 0.29) is 17.4 Å². The van der Waals surface area contributed by atoms with Crippen molar-refractivity contribution in [1.29, 1.82) is 0 Å². The Hall–Kier alpha value is -0.910. The van der Waals surface area contributed by atoms with E-state index in [1.807, 2.05) is 11.0 Å². The fraction of sp³-hybridized carbons (Fsp3) is 0.667. The zero-order valence-corrected chi connectivity index (χ0v) is 12.5. The first-order valence-corrected chi connectivity index (χ1v) is 8.25. The third-order valence-corrected chi connectivity index (χ3v) is 5.22. The number of nitrogens with two attached hydrogens (primary N) is 1. The van der Waals surface area contributed by atoms with Crippen molar-refractivity contribution in [2.75, 3.05) is 19.7 Å². The summed E-state index contributed by atoms with van der Waals surface area (Å²) < 4.78 is 5.70. The summed E-state index contributed by atoms with van der Waals surface area (Å²) in [6, 6.07) is 4.12. The topological polar surface area (TPSA) is 55.6 Å². The number of hydrogen-bond donors (Lipinski definition) is 1. The predicted molar refractivity (Wildman–Crippen MR) is 79.4 cm³/mol. The maximum atomic E-state index is 12.8. The summed E-state index contributed by atoms with van der Waals surface area (Å²) in [6.07, 6.45) is 4.24. The molecule has 1 saturated heterocycles. The van der Waals surface area contributed by atoms with Crippen LogP contribution in [0, 0.1) is 5.41 Å².